The molecule has 2 aromatic rings. The predicted octanol–water partition coefficient (Wildman–Crippen LogP) is 2.19. The first-order valence-corrected chi connectivity index (χ1v) is 6.02. The molecule has 0 unspecified atom stereocenters. The van der Waals surface area contributed by atoms with E-state index >= 15 is 0 Å². The summed E-state index contributed by atoms with van der Waals surface area (Å²) in [6.45, 7) is 3.95. The first-order chi connectivity index (χ1) is 8.56. The summed E-state index contributed by atoms with van der Waals surface area (Å²) in [6.07, 6.45) is 0. The van der Waals surface area contributed by atoms with E-state index in [2.05, 4.69) is 4.98 Å². The Labute approximate surface area is 109 Å². The maximum absolute atomic E-state index is 12.3. The van der Waals surface area contributed by atoms with Crippen LogP contribution in [0.25, 0.3) is 11.1 Å². The van der Waals surface area contributed by atoms with E-state index in [1.807, 2.05) is 31.2 Å². The topological polar surface area (TPSA) is 54.9 Å². The van der Waals surface area contributed by atoms with E-state index < -0.39 is 5.69 Å². The highest BCUT2D eigenvalue weighted by Gasteiger charge is 2.14. The molecular formula is C13H13ClN2O2. The number of benzene rings is 1. The Balaban J connectivity index is 2.85. The number of H-pyrrole nitrogens is 1. The Morgan fingerprint density at radius 1 is 1.28 bits per heavy atom. The van der Waals surface area contributed by atoms with E-state index in [4.69, 9.17) is 11.6 Å². The first kappa shape index (κ1) is 12.6. The Hall–Kier alpha value is -1.81. The van der Waals surface area contributed by atoms with Gasteiger partial charge in [-0.1, -0.05) is 35.9 Å². The van der Waals surface area contributed by atoms with Crippen molar-refractivity contribution in [2.75, 3.05) is 0 Å². The highest BCUT2D eigenvalue weighted by Crippen LogP contribution is 2.24. The number of aryl methyl sites for hydroxylation is 1. The third kappa shape index (κ3) is 1.99. The fourth-order valence-corrected chi connectivity index (χ4v) is 2.18. The van der Waals surface area contributed by atoms with Crippen molar-refractivity contribution >= 4 is 11.6 Å². The second-order valence-electron chi connectivity index (χ2n) is 3.98. The van der Waals surface area contributed by atoms with Crippen LogP contribution < -0.4 is 11.2 Å². The van der Waals surface area contributed by atoms with Gasteiger partial charge in [0.25, 0.3) is 5.56 Å². The first-order valence-electron chi connectivity index (χ1n) is 5.65. The molecule has 0 fully saturated rings. The Morgan fingerprint density at radius 2 is 1.94 bits per heavy atom. The van der Waals surface area contributed by atoms with Crippen LogP contribution in [0.1, 0.15) is 12.5 Å². The molecular weight excluding hydrogens is 252 g/mol. The van der Waals surface area contributed by atoms with Crippen LogP contribution in [-0.2, 0) is 6.54 Å². The zero-order valence-corrected chi connectivity index (χ0v) is 10.9. The standard InChI is InChI=1S/C13H13ClN2O2/c1-3-16-12(17)10(11(14)15-13(16)18)9-7-5-4-6-8(9)2/h4-7H,3H2,1-2H3,(H,15,18). The minimum atomic E-state index is -0.482. The van der Waals surface area contributed by atoms with Crippen LogP contribution in [0.4, 0.5) is 0 Å². The Kier molecular flexibility index (Phi) is 3.39. The monoisotopic (exact) mass is 264 g/mol. The molecule has 1 aromatic heterocycles. The smallest absolute Gasteiger partial charge is 0.297 e. The molecule has 94 valence electrons. The Bertz CT molecular complexity index is 701. The van der Waals surface area contributed by atoms with Crippen molar-refractivity contribution in [1.82, 2.24) is 9.55 Å². The van der Waals surface area contributed by atoms with E-state index in [0.717, 1.165) is 15.7 Å². The molecule has 0 radical (unpaired) electrons. The third-order valence-corrected chi connectivity index (χ3v) is 3.15. The van der Waals surface area contributed by atoms with E-state index in [1.165, 1.54) is 0 Å². The summed E-state index contributed by atoms with van der Waals surface area (Å²) in [5.74, 6) is 0. The average Bonchev–Trinajstić information content (AvgIpc) is 2.31. The fraction of sp³-hybridized carbons (Fsp3) is 0.231. The second-order valence-corrected chi connectivity index (χ2v) is 4.36. The number of aromatic nitrogens is 2. The molecule has 1 aromatic carbocycles. The second kappa shape index (κ2) is 4.82. The predicted molar refractivity (Wildman–Crippen MR) is 72.2 cm³/mol. The van der Waals surface area contributed by atoms with Crippen LogP contribution in [0, 0.1) is 6.92 Å². The molecule has 0 amide bonds. The number of halogens is 1. The maximum atomic E-state index is 12.3. The van der Waals surface area contributed by atoms with E-state index in [0.29, 0.717) is 12.1 Å². The SMILES string of the molecule is CCn1c(=O)[nH]c(Cl)c(-c2ccccc2C)c1=O. The van der Waals surface area contributed by atoms with Gasteiger partial charge in [0, 0.05) is 6.54 Å². The fourth-order valence-electron chi connectivity index (χ4n) is 1.92. The van der Waals surface area contributed by atoms with Gasteiger partial charge in [-0.25, -0.2) is 4.79 Å². The molecule has 1 N–H and O–H groups in total. The quantitative estimate of drug-likeness (QED) is 0.846. The van der Waals surface area contributed by atoms with Crippen molar-refractivity contribution in [2.45, 2.75) is 20.4 Å². The molecule has 2 rings (SSSR count). The summed E-state index contributed by atoms with van der Waals surface area (Å²) in [6, 6.07) is 7.43. The summed E-state index contributed by atoms with van der Waals surface area (Å²) >= 11 is 6.00. The van der Waals surface area contributed by atoms with Crippen molar-refractivity contribution in [2.24, 2.45) is 0 Å². The van der Waals surface area contributed by atoms with Crippen molar-refractivity contribution in [3.63, 3.8) is 0 Å². The number of aromatic amines is 1. The van der Waals surface area contributed by atoms with Crippen LogP contribution in [0.2, 0.25) is 5.15 Å². The van der Waals surface area contributed by atoms with Gasteiger partial charge in [-0.15, -0.1) is 0 Å². The summed E-state index contributed by atoms with van der Waals surface area (Å²) in [5, 5.41) is 0.0870. The minimum absolute atomic E-state index is 0.0870. The summed E-state index contributed by atoms with van der Waals surface area (Å²) in [4.78, 5) is 26.3. The zero-order valence-electron chi connectivity index (χ0n) is 10.2. The molecule has 0 bridgehead atoms. The van der Waals surface area contributed by atoms with Gasteiger partial charge in [-0.05, 0) is 25.0 Å². The van der Waals surface area contributed by atoms with Gasteiger partial charge in [-0.2, -0.15) is 0 Å². The van der Waals surface area contributed by atoms with Gasteiger partial charge in [0.2, 0.25) is 0 Å². The van der Waals surface area contributed by atoms with Crippen LogP contribution in [0.15, 0.2) is 33.9 Å². The van der Waals surface area contributed by atoms with Gasteiger partial charge in [0.15, 0.2) is 0 Å². The van der Waals surface area contributed by atoms with Crippen molar-refractivity contribution < 1.29 is 0 Å². The largest absolute Gasteiger partial charge is 0.329 e. The van der Waals surface area contributed by atoms with Crippen LogP contribution >= 0.6 is 11.6 Å². The van der Waals surface area contributed by atoms with Gasteiger partial charge >= 0.3 is 5.69 Å². The van der Waals surface area contributed by atoms with Crippen molar-refractivity contribution in [1.29, 1.82) is 0 Å². The van der Waals surface area contributed by atoms with Gasteiger partial charge in [0.1, 0.15) is 5.15 Å². The number of nitrogens with zero attached hydrogens (tertiary/aromatic N) is 1. The van der Waals surface area contributed by atoms with Crippen LogP contribution in [0.3, 0.4) is 0 Å². The molecule has 0 saturated carbocycles. The van der Waals surface area contributed by atoms with Crippen LogP contribution in [0.5, 0.6) is 0 Å². The highest BCUT2D eigenvalue weighted by molar-refractivity contribution is 6.32. The van der Waals surface area contributed by atoms with Gasteiger partial charge < -0.3 is 0 Å². The zero-order chi connectivity index (χ0) is 13.3. The molecule has 0 aliphatic rings. The van der Waals surface area contributed by atoms with E-state index in [1.54, 1.807) is 6.92 Å². The molecule has 18 heavy (non-hydrogen) atoms. The molecule has 0 spiro atoms. The molecule has 1 heterocycles. The number of hydrogen-bond acceptors (Lipinski definition) is 2. The average molecular weight is 265 g/mol. The van der Waals surface area contributed by atoms with Crippen molar-refractivity contribution in [3.05, 3.63) is 55.8 Å². The maximum Gasteiger partial charge on any atom is 0.329 e. The molecule has 0 aliphatic carbocycles. The van der Waals surface area contributed by atoms with Crippen molar-refractivity contribution in [3.8, 4) is 11.1 Å². The van der Waals surface area contributed by atoms with Gasteiger partial charge in [-0.3, -0.25) is 14.3 Å². The van der Waals surface area contributed by atoms with Crippen LogP contribution in [-0.4, -0.2) is 9.55 Å². The molecule has 0 saturated heterocycles. The highest BCUT2D eigenvalue weighted by atomic mass is 35.5. The molecule has 0 aliphatic heterocycles. The lowest BCUT2D eigenvalue weighted by atomic mass is 10.0. The normalized spacial score (nSPS) is 10.6. The molecule has 4 nitrogen and oxygen atoms in total. The summed E-state index contributed by atoms with van der Waals surface area (Å²) < 4.78 is 1.13. The number of hydrogen-bond donors (Lipinski definition) is 1. The number of nitrogens with one attached hydrogen (secondary N) is 1. The van der Waals surface area contributed by atoms with E-state index in [9.17, 15) is 9.59 Å². The van der Waals surface area contributed by atoms with Gasteiger partial charge in [0.05, 0.1) is 5.56 Å². The third-order valence-electron chi connectivity index (χ3n) is 2.87. The molecule has 5 heteroatoms. The summed E-state index contributed by atoms with van der Waals surface area (Å²) in [5.41, 5.74) is 1.18. The lowest BCUT2D eigenvalue weighted by molar-refractivity contribution is 0.675. The van der Waals surface area contributed by atoms with E-state index in [-0.39, 0.29) is 10.7 Å². The number of rotatable bonds is 2. The lowest BCUT2D eigenvalue weighted by Crippen LogP contribution is -2.35. The Morgan fingerprint density at radius 3 is 2.56 bits per heavy atom. The minimum Gasteiger partial charge on any atom is -0.297 e. The summed E-state index contributed by atoms with van der Waals surface area (Å²) in [7, 11) is 0. The lowest BCUT2D eigenvalue weighted by Gasteiger charge is -2.09. The molecule has 0 atom stereocenters.